The van der Waals surface area contributed by atoms with Crippen molar-refractivity contribution in [2.24, 2.45) is 0 Å². The highest BCUT2D eigenvalue weighted by Gasteiger charge is 2.10. The maximum absolute atomic E-state index is 12.1. The highest BCUT2D eigenvalue weighted by Crippen LogP contribution is 2.10. The van der Waals surface area contributed by atoms with Crippen molar-refractivity contribution in [2.45, 2.75) is 13.3 Å². The molecular weight excluding hydrogens is 298 g/mol. The quantitative estimate of drug-likeness (QED) is 0.803. The Labute approximate surface area is 133 Å². The van der Waals surface area contributed by atoms with Crippen molar-refractivity contribution >= 4 is 23.2 Å². The molecule has 2 aromatic heterocycles. The van der Waals surface area contributed by atoms with E-state index >= 15 is 0 Å². The van der Waals surface area contributed by atoms with Crippen LogP contribution in [-0.4, -0.2) is 21.8 Å². The van der Waals surface area contributed by atoms with Crippen molar-refractivity contribution in [3.63, 3.8) is 0 Å². The zero-order valence-electron chi connectivity index (χ0n) is 12.2. The number of aromatic nitrogens is 2. The van der Waals surface area contributed by atoms with Gasteiger partial charge < -0.3 is 9.72 Å². The van der Waals surface area contributed by atoms with Crippen LogP contribution in [-0.2, 0) is 6.42 Å². The fourth-order valence-corrected chi connectivity index (χ4v) is 2.38. The highest BCUT2D eigenvalue weighted by atomic mass is 35.5. The van der Waals surface area contributed by atoms with E-state index in [0.29, 0.717) is 17.3 Å². The van der Waals surface area contributed by atoms with Gasteiger partial charge >= 0.3 is 0 Å². The van der Waals surface area contributed by atoms with Gasteiger partial charge in [-0.15, -0.1) is 0 Å². The molecule has 0 saturated heterocycles. The number of hydrogen-bond acceptors (Lipinski definition) is 2. The van der Waals surface area contributed by atoms with Gasteiger partial charge in [-0.25, -0.2) is 4.98 Å². The number of pyridine rings is 1. The van der Waals surface area contributed by atoms with Crippen LogP contribution < -0.4 is 5.32 Å². The van der Waals surface area contributed by atoms with Crippen molar-refractivity contribution in [3.8, 4) is 0 Å². The Balaban J connectivity index is 1.62. The lowest BCUT2D eigenvalue weighted by Gasteiger charge is -2.03. The largest absolute Gasteiger partial charge is 0.350 e. The second-order valence-electron chi connectivity index (χ2n) is 5.23. The van der Waals surface area contributed by atoms with Gasteiger partial charge in [0, 0.05) is 24.0 Å². The SMILES string of the molecule is Cc1ccn2cc(C(=O)NCCc3ccc(Cl)cc3)nc2c1. The first-order chi connectivity index (χ1) is 10.6. The molecule has 0 radical (unpaired) electrons. The van der Waals surface area contributed by atoms with E-state index in [-0.39, 0.29) is 5.91 Å². The number of amides is 1. The van der Waals surface area contributed by atoms with Crippen LogP contribution in [0.5, 0.6) is 0 Å². The maximum atomic E-state index is 12.1. The van der Waals surface area contributed by atoms with E-state index < -0.39 is 0 Å². The van der Waals surface area contributed by atoms with E-state index in [0.717, 1.165) is 23.2 Å². The van der Waals surface area contributed by atoms with Crippen LogP contribution >= 0.6 is 11.6 Å². The predicted molar refractivity (Wildman–Crippen MR) is 87.4 cm³/mol. The predicted octanol–water partition coefficient (Wildman–Crippen LogP) is 3.27. The molecule has 0 fully saturated rings. The van der Waals surface area contributed by atoms with Gasteiger partial charge in [0.05, 0.1) is 0 Å². The summed E-state index contributed by atoms with van der Waals surface area (Å²) in [7, 11) is 0. The van der Waals surface area contributed by atoms with Gasteiger partial charge in [-0.1, -0.05) is 23.7 Å². The molecule has 0 saturated carbocycles. The average Bonchev–Trinajstić information content (AvgIpc) is 2.92. The summed E-state index contributed by atoms with van der Waals surface area (Å²) in [6.07, 6.45) is 4.41. The summed E-state index contributed by atoms with van der Waals surface area (Å²) in [5.74, 6) is -0.157. The van der Waals surface area contributed by atoms with Crippen LogP contribution in [0.1, 0.15) is 21.6 Å². The van der Waals surface area contributed by atoms with Gasteiger partial charge in [0.15, 0.2) is 0 Å². The molecule has 0 atom stereocenters. The summed E-state index contributed by atoms with van der Waals surface area (Å²) in [6.45, 7) is 2.56. The number of carbonyl (C=O) groups excluding carboxylic acids is 1. The van der Waals surface area contributed by atoms with Crippen molar-refractivity contribution < 1.29 is 4.79 Å². The van der Waals surface area contributed by atoms with Gasteiger partial charge in [0.2, 0.25) is 0 Å². The molecule has 0 aliphatic heterocycles. The number of nitrogens with one attached hydrogen (secondary N) is 1. The van der Waals surface area contributed by atoms with Crippen LogP contribution in [0, 0.1) is 6.92 Å². The first-order valence-corrected chi connectivity index (χ1v) is 7.47. The van der Waals surface area contributed by atoms with Crippen molar-refractivity contribution in [1.82, 2.24) is 14.7 Å². The molecule has 112 valence electrons. The Morgan fingerprint density at radius 3 is 2.82 bits per heavy atom. The Morgan fingerprint density at radius 2 is 2.05 bits per heavy atom. The van der Waals surface area contributed by atoms with Crippen LogP contribution in [0.2, 0.25) is 5.02 Å². The van der Waals surface area contributed by atoms with Crippen LogP contribution in [0.3, 0.4) is 0 Å². The zero-order valence-corrected chi connectivity index (χ0v) is 13.0. The van der Waals surface area contributed by atoms with E-state index in [1.54, 1.807) is 6.20 Å². The molecule has 3 aromatic rings. The fraction of sp³-hybridized carbons (Fsp3) is 0.176. The van der Waals surface area contributed by atoms with Crippen molar-refractivity contribution in [2.75, 3.05) is 6.54 Å². The number of aryl methyl sites for hydroxylation is 1. The summed E-state index contributed by atoms with van der Waals surface area (Å²) in [4.78, 5) is 16.5. The summed E-state index contributed by atoms with van der Waals surface area (Å²) in [5, 5.41) is 3.61. The first kappa shape index (κ1) is 14.6. The minimum atomic E-state index is -0.157. The lowest BCUT2D eigenvalue weighted by molar-refractivity contribution is 0.0950. The molecule has 0 aliphatic carbocycles. The zero-order chi connectivity index (χ0) is 15.5. The highest BCUT2D eigenvalue weighted by molar-refractivity contribution is 6.30. The van der Waals surface area contributed by atoms with Crippen LogP contribution in [0.4, 0.5) is 0 Å². The molecule has 2 heterocycles. The molecular formula is C17H16ClN3O. The number of carbonyl (C=O) groups is 1. The molecule has 0 spiro atoms. The smallest absolute Gasteiger partial charge is 0.271 e. The standard InChI is InChI=1S/C17H16ClN3O/c1-12-7-9-21-11-15(20-16(21)10-12)17(22)19-8-6-13-2-4-14(18)5-3-13/h2-5,7,9-11H,6,8H2,1H3,(H,19,22). The third kappa shape index (κ3) is 3.28. The van der Waals surface area contributed by atoms with Gasteiger partial charge in [0.1, 0.15) is 11.3 Å². The number of benzene rings is 1. The summed E-state index contributed by atoms with van der Waals surface area (Å²) in [6, 6.07) is 11.6. The number of halogens is 1. The topological polar surface area (TPSA) is 46.4 Å². The third-order valence-corrected chi connectivity index (χ3v) is 3.71. The van der Waals surface area contributed by atoms with E-state index in [1.807, 2.05) is 53.9 Å². The summed E-state index contributed by atoms with van der Waals surface area (Å²) in [5.41, 5.74) is 3.47. The third-order valence-electron chi connectivity index (χ3n) is 3.46. The molecule has 22 heavy (non-hydrogen) atoms. The van der Waals surface area contributed by atoms with Gasteiger partial charge in [0.25, 0.3) is 5.91 Å². The molecule has 0 bridgehead atoms. The lowest BCUT2D eigenvalue weighted by Crippen LogP contribution is -2.25. The number of nitrogens with zero attached hydrogens (tertiary/aromatic N) is 2. The monoisotopic (exact) mass is 313 g/mol. The molecule has 1 amide bonds. The van der Waals surface area contributed by atoms with E-state index in [1.165, 1.54) is 0 Å². The Bertz CT molecular complexity index is 808. The van der Waals surface area contributed by atoms with Crippen molar-refractivity contribution in [3.05, 3.63) is 70.6 Å². The maximum Gasteiger partial charge on any atom is 0.271 e. The second kappa shape index (κ2) is 6.20. The normalized spacial score (nSPS) is 10.8. The molecule has 0 unspecified atom stereocenters. The molecule has 3 rings (SSSR count). The molecule has 5 heteroatoms. The number of imidazole rings is 1. The Kier molecular flexibility index (Phi) is 4.11. The van der Waals surface area contributed by atoms with Crippen LogP contribution in [0.15, 0.2) is 48.8 Å². The molecule has 1 aromatic carbocycles. The number of rotatable bonds is 4. The minimum Gasteiger partial charge on any atom is -0.350 e. The summed E-state index contributed by atoms with van der Waals surface area (Å²) < 4.78 is 1.85. The average molecular weight is 314 g/mol. The van der Waals surface area contributed by atoms with Gasteiger partial charge in [-0.3, -0.25) is 4.79 Å². The van der Waals surface area contributed by atoms with E-state index in [2.05, 4.69) is 10.3 Å². The fourth-order valence-electron chi connectivity index (χ4n) is 2.26. The first-order valence-electron chi connectivity index (χ1n) is 7.10. The van der Waals surface area contributed by atoms with Crippen LogP contribution in [0.25, 0.3) is 5.65 Å². The molecule has 4 nitrogen and oxygen atoms in total. The van der Waals surface area contributed by atoms with Crippen molar-refractivity contribution in [1.29, 1.82) is 0 Å². The van der Waals surface area contributed by atoms with Gasteiger partial charge in [-0.05, 0) is 48.7 Å². The minimum absolute atomic E-state index is 0.157. The second-order valence-corrected chi connectivity index (χ2v) is 5.66. The van der Waals surface area contributed by atoms with E-state index in [9.17, 15) is 4.79 Å². The number of fused-ring (bicyclic) bond motifs is 1. The van der Waals surface area contributed by atoms with Gasteiger partial charge in [-0.2, -0.15) is 0 Å². The Morgan fingerprint density at radius 1 is 1.27 bits per heavy atom. The molecule has 1 N–H and O–H groups in total. The summed E-state index contributed by atoms with van der Waals surface area (Å²) >= 11 is 5.85. The lowest BCUT2D eigenvalue weighted by atomic mass is 10.1. The molecule has 0 aliphatic rings. The van der Waals surface area contributed by atoms with E-state index in [4.69, 9.17) is 11.6 Å². The Hall–Kier alpha value is -2.33. The number of hydrogen-bond donors (Lipinski definition) is 1.